The normalized spacial score (nSPS) is 11.8. The molecule has 1 heterocycles. The first kappa shape index (κ1) is 24.4. The fourth-order valence-corrected chi connectivity index (χ4v) is 4.26. The number of anilines is 2. The van der Waals surface area contributed by atoms with E-state index in [2.05, 4.69) is 65.0 Å². The van der Waals surface area contributed by atoms with Crippen LogP contribution in [0.2, 0.25) is 0 Å². The third-order valence-electron chi connectivity index (χ3n) is 5.12. The van der Waals surface area contributed by atoms with Crippen molar-refractivity contribution in [3.8, 4) is 0 Å². The Morgan fingerprint density at radius 3 is 2.03 bits per heavy atom. The van der Waals surface area contributed by atoms with Crippen LogP contribution < -0.4 is 10.0 Å². The fourth-order valence-electron chi connectivity index (χ4n) is 3.32. The Bertz CT molecular complexity index is 1210. The van der Waals surface area contributed by atoms with Gasteiger partial charge < -0.3 is 5.32 Å². The van der Waals surface area contributed by atoms with Gasteiger partial charge in [0.1, 0.15) is 0 Å². The molecule has 33 heavy (non-hydrogen) atoms. The van der Waals surface area contributed by atoms with Crippen LogP contribution in [-0.2, 0) is 26.7 Å². The predicted molar refractivity (Wildman–Crippen MR) is 131 cm³/mol. The number of rotatable bonds is 7. The van der Waals surface area contributed by atoms with Crippen molar-refractivity contribution in [3.63, 3.8) is 0 Å². The summed E-state index contributed by atoms with van der Waals surface area (Å²) >= 11 is 0. The summed E-state index contributed by atoms with van der Waals surface area (Å²) in [6, 6.07) is 16.1. The molecule has 8 heteroatoms. The Kier molecular flexibility index (Phi) is 7.17. The summed E-state index contributed by atoms with van der Waals surface area (Å²) < 4.78 is 27.6. The molecular weight excluding hydrogens is 436 g/mol. The van der Waals surface area contributed by atoms with Crippen LogP contribution in [0, 0.1) is 13.8 Å². The van der Waals surface area contributed by atoms with E-state index in [0.29, 0.717) is 29.9 Å². The molecule has 0 bridgehead atoms. The molecule has 1 aromatic heterocycles. The van der Waals surface area contributed by atoms with Gasteiger partial charge in [-0.1, -0.05) is 45.0 Å². The van der Waals surface area contributed by atoms with Gasteiger partial charge in [-0.2, -0.15) is 0 Å². The quantitative estimate of drug-likeness (QED) is 0.523. The van der Waals surface area contributed by atoms with E-state index in [0.717, 1.165) is 5.56 Å². The third-order valence-corrected chi connectivity index (χ3v) is 6.46. The largest absolute Gasteiger partial charge is 0.326 e. The molecule has 0 fully saturated rings. The molecule has 0 aliphatic heterocycles. The highest BCUT2D eigenvalue weighted by molar-refractivity contribution is 7.92. The molecule has 1 amide bonds. The van der Waals surface area contributed by atoms with E-state index in [-0.39, 0.29) is 22.2 Å². The highest BCUT2D eigenvalue weighted by Gasteiger charge is 2.17. The number of benzene rings is 2. The molecule has 0 saturated heterocycles. The molecule has 0 aliphatic rings. The average Bonchev–Trinajstić information content (AvgIpc) is 2.71. The van der Waals surface area contributed by atoms with Gasteiger partial charge in [0.15, 0.2) is 0 Å². The topological polar surface area (TPSA) is 101 Å². The summed E-state index contributed by atoms with van der Waals surface area (Å²) in [5.74, 6) is -0.104. The Labute approximate surface area is 195 Å². The van der Waals surface area contributed by atoms with Crippen LogP contribution in [0.3, 0.4) is 0 Å². The van der Waals surface area contributed by atoms with Gasteiger partial charge in [-0.05, 0) is 67.1 Å². The van der Waals surface area contributed by atoms with Crippen molar-refractivity contribution in [1.82, 2.24) is 9.97 Å². The predicted octanol–water partition coefficient (Wildman–Crippen LogP) is 4.76. The summed E-state index contributed by atoms with van der Waals surface area (Å²) in [7, 11) is -3.84. The van der Waals surface area contributed by atoms with Gasteiger partial charge in [-0.25, -0.2) is 23.1 Å². The first-order chi connectivity index (χ1) is 15.4. The zero-order chi connectivity index (χ0) is 24.2. The minimum Gasteiger partial charge on any atom is -0.326 e. The molecule has 3 aromatic rings. The van der Waals surface area contributed by atoms with Gasteiger partial charge in [-0.3, -0.25) is 4.79 Å². The summed E-state index contributed by atoms with van der Waals surface area (Å²) in [4.78, 5) is 20.6. The Hall–Kier alpha value is -3.26. The minimum atomic E-state index is -3.84. The number of aromatic nitrogens is 2. The van der Waals surface area contributed by atoms with Gasteiger partial charge in [0.2, 0.25) is 11.9 Å². The number of amides is 1. The standard InChI is InChI=1S/C25H30N4O3S/c1-17-16-18(2)27-24(26-17)29-33(31,32)22-13-11-21(12-14-22)28-23(30)15-8-19-6-9-20(10-7-19)25(3,4)5/h6-7,9-14,16H,8,15H2,1-5H3,(H,28,30)(H,26,27,29). The number of sulfonamides is 1. The summed E-state index contributed by atoms with van der Waals surface area (Å²) in [6.45, 7) is 10.0. The summed E-state index contributed by atoms with van der Waals surface area (Å²) in [6.07, 6.45) is 0.961. The molecule has 0 atom stereocenters. The lowest BCUT2D eigenvalue weighted by atomic mass is 9.86. The van der Waals surface area contributed by atoms with Crippen molar-refractivity contribution in [1.29, 1.82) is 0 Å². The van der Waals surface area contributed by atoms with Crippen molar-refractivity contribution in [3.05, 3.63) is 77.1 Å². The van der Waals surface area contributed by atoms with Crippen LogP contribution >= 0.6 is 0 Å². The Morgan fingerprint density at radius 2 is 1.48 bits per heavy atom. The number of hydrogen-bond acceptors (Lipinski definition) is 5. The maximum absolute atomic E-state index is 12.6. The van der Waals surface area contributed by atoms with Crippen LogP contribution in [-0.4, -0.2) is 24.3 Å². The second-order valence-electron chi connectivity index (χ2n) is 9.10. The highest BCUT2D eigenvalue weighted by Crippen LogP contribution is 2.22. The van der Waals surface area contributed by atoms with Gasteiger partial charge in [0.05, 0.1) is 4.90 Å². The number of aryl methyl sites for hydroxylation is 3. The molecule has 0 spiro atoms. The van der Waals surface area contributed by atoms with E-state index in [1.54, 1.807) is 32.0 Å². The van der Waals surface area contributed by atoms with Crippen molar-refractivity contribution in [2.45, 2.75) is 57.8 Å². The number of nitrogens with one attached hydrogen (secondary N) is 2. The first-order valence-corrected chi connectivity index (χ1v) is 12.3. The SMILES string of the molecule is Cc1cc(C)nc(NS(=O)(=O)c2ccc(NC(=O)CCc3ccc(C(C)(C)C)cc3)cc2)n1. The molecular formula is C25H30N4O3S. The van der Waals surface area contributed by atoms with Crippen LogP contribution in [0.15, 0.2) is 59.5 Å². The molecule has 2 aromatic carbocycles. The summed E-state index contributed by atoms with van der Waals surface area (Å²) in [5, 5.41) is 2.81. The van der Waals surface area contributed by atoms with Gasteiger partial charge >= 0.3 is 0 Å². The minimum absolute atomic E-state index is 0.0282. The summed E-state index contributed by atoms with van der Waals surface area (Å²) in [5.41, 5.74) is 4.32. The highest BCUT2D eigenvalue weighted by atomic mass is 32.2. The monoisotopic (exact) mass is 466 g/mol. The second kappa shape index (κ2) is 9.70. The van der Waals surface area contributed by atoms with Crippen LogP contribution in [0.4, 0.5) is 11.6 Å². The Balaban J connectivity index is 1.57. The number of carbonyl (C=O) groups is 1. The molecule has 0 radical (unpaired) electrons. The number of nitrogens with zero attached hydrogens (tertiary/aromatic N) is 2. The van der Waals surface area contributed by atoms with Crippen molar-refractivity contribution in [2.24, 2.45) is 0 Å². The van der Waals surface area contributed by atoms with Crippen LogP contribution in [0.1, 0.15) is 49.7 Å². The molecule has 0 saturated carbocycles. The maximum Gasteiger partial charge on any atom is 0.264 e. The van der Waals surface area contributed by atoms with Crippen molar-refractivity contribution < 1.29 is 13.2 Å². The van der Waals surface area contributed by atoms with E-state index in [1.807, 2.05) is 0 Å². The molecule has 2 N–H and O–H groups in total. The van der Waals surface area contributed by atoms with E-state index >= 15 is 0 Å². The van der Waals surface area contributed by atoms with E-state index in [4.69, 9.17) is 0 Å². The molecule has 0 unspecified atom stereocenters. The molecule has 3 rings (SSSR count). The van der Waals surface area contributed by atoms with Gasteiger partial charge in [-0.15, -0.1) is 0 Å². The van der Waals surface area contributed by atoms with E-state index in [9.17, 15) is 13.2 Å². The van der Waals surface area contributed by atoms with Gasteiger partial charge in [0.25, 0.3) is 10.0 Å². The zero-order valence-corrected chi connectivity index (χ0v) is 20.5. The van der Waals surface area contributed by atoms with E-state index < -0.39 is 10.0 Å². The van der Waals surface area contributed by atoms with Gasteiger partial charge in [0, 0.05) is 23.5 Å². The average molecular weight is 467 g/mol. The van der Waals surface area contributed by atoms with Crippen molar-refractivity contribution >= 4 is 27.6 Å². The van der Waals surface area contributed by atoms with Crippen LogP contribution in [0.5, 0.6) is 0 Å². The molecule has 7 nitrogen and oxygen atoms in total. The van der Waals surface area contributed by atoms with Crippen molar-refractivity contribution in [2.75, 3.05) is 10.0 Å². The molecule has 174 valence electrons. The van der Waals surface area contributed by atoms with E-state index in [1.165, 1.54) is 17.7 Å². The van der Waals surface area contributed by atoms with Crippen LogP contribution in [0.25, 0.3) is 0 Å². The smallest absolute Gasteiger partial charge is 0.264 e. The lowest BCUT2D eigenvalue weighted by Gasteiger charge is -2.19. The number of hydrogen-bond donors (Lipinski definition) is 2. The lowest BCUT2D eigenvalue weighted by Crippen LogP contribution is -2.16. The zero-order valence-electron chi connectivity index (χ0n) is 19.6. The second-order valence-corrected chi connectivity index (χ2v) is 10.8. The maximum atomic E-state index is 12.6. The lowest BCUT2D eigenvalue weighted by molar-refractivity contribution is -0.116. The first-order valence-electron chi connectivity index (χ1n) is 10.8. The Morgan fingerprint density at radius 1 is 0.909 bits per heavy atom. The molecule has 0 aliphatic carbocycles. The third kappa shape index (κ3) is 6.86. The number of carbonyl (C=O) groups excluding carboxylic acids is 1. The fraction of sp³-hybridized carbons (Fsp3) is 0.320.